The van der Waals surface area contributed by atoms with Crippen LogP contribution < -0.4 is 5.73 Å². The minimum absolute atomic E-state index is 0.380. The molecule has 1 aliphatic heterocycles. The molecule has 1 atom stereocenters. The van der Waals surface area contributed by atoms with E-state index in [2.05, 4.69) is 16.0 Å². The lowest BCUT2D eigenvalue weighted by molar-refractivity contribution is -0.00320. The number of pyridine rings is 1. The van der Waals surface area contributed by atoms with Crippen molar-refractivity contribution >= 4 is 0 Å². The molecule has 88 valence electrons. The number of hydrogen-bond donors (Lipinski definition) is 1. The van der Waals surface area contributed by atoms with Gasteiger partial charge in [0.2, 0.25) is 0 Å². The Bertz CT molecular complexity index is 304. The van der Waals surface area contributed by atoms with Crippen LogP contribution in [-0.4, -0.2) is 48.8 Å². The Balaban J connectivity index is 1.84. The van der Waals surface area contributed by atoms with Gasteiger partial charge in [-0.3, -0.25) is 9.88 Å². The Morgan fingerprint density at radius 2 is 2.50 bits per heavy atom. The smallest absolute Gasteiger partial charge is 0.0634 e. The number of rotatable bonds is 4. The summed E-state index contributed by atoms with van der Waals surface area (Å²) in [6.45, 7) is 4.29. The van der Waals surface area contributed by atoms with Gasteiger partial charge < -0.3 is 10.5 Å². The van der Waals surface area contributed by atoms with E-state index in [1.165, 1.54) is 5.56 Å². The molecule has 4 heteroatoms. The van der Waals surface area contributed by atoms with E-state index in [-0.39, 0.29) is 0 Å². The zero-order chi connectivity index (χ0) is 11.2. The summed E-state index contributed by atoms with van der Waals surface area (Å²) in [6.07, 6.45) is 4.77. The number of nitrogens with two attached hydrogens (primary N) is 1. The van der Waals surface area contributed by atoms with Crippen LogP contribution in [0.4, 0.5) is 0 Å². The monoisotopic (exact) mass is 221 g/mol. The molecule has 1 aromatic rings. The van der Waals surface area contributed by atoms with Crippen LogP contribution in [0.15, 0.2) is 24.5 Å². The van der Waals surface area contributed by atoms with Crippen molar-refractivity contribution in [2.45, 2.75) is 12.5 Å². The number of hydrogen-bond acceptors (Lipinski definition) is 4. The van der Waals surface area contributed by atoms with Crippen molar-refractivity contribution < 1.29 is 4.74 Å². The molecule has 16 heavy (non-hydrogen) atoms. The fourth-order valence-corrected chi connectivity index (χ4v) is 2.02. The summed E-state index contributed by atoms with van der Waals surface area (Å²) in [5.41, 5.74) is 7.01. The summed E-state index contributed by atoms with van der Waals surface area (Å²) in [7, 11) is 0. The maximum atomic E-state index is 5.73. The van der Waals surface area contributed by atoms with Crippen molar-refractivity contribution in [3.05, 3.63) is 30.1 Å². The van der Waals surface area contributed by atoms with E-state index in [0.29, 0.717) is 12.6 Å². The highest BCUT2D eigenvalue weighted by atomic mass is 16.5. The van der Waals surface area contributed by atoms with Gasteiger partial charge in [-0.1, -0.05) is 6.07 Å². The molecule has 2 rings (SSSR count). The lowest BCUT2D eigenvalue weighted by Gasteiger charge is -2.34. The molecule has 1 fully saturated rings. The van der Waals surface area contributed by atoms with Crippen LogP contribution in [0.3, 0.4) is 0 Å². The molecule has 1 unspecified atom stereocenters. The molecule has 2 heterocycles. The van der Waals surface area contributed by atoms with Gasteiger partial charge in [0, 0.05) is 38.1 Å². The van der Waals surface area contributed by atoms with Crippen molar-refractivity contribution in [3.63, 3.8) is 0 Å². The van der Waals surface area contributed by atoms with Gasteiger partial charge in [0.25, 0.3) is 0 Å². The first-order valence-electron chi connectivity index (χ1n) is 5.81. The van der Waals surface area contributed by atoms with Gasteiger partial charge in [-0.15, -0.1) is 0 Å². The Hall–Kier alpha value is -0.970. The Morgan fingerprint density at radius 1 is 1.56 bits per heavy atom. The zero-order valence-corrected chi connectivity index (χ0v) is 9.51. The summed E-state index contributed by atoms with van der Waals surface area (Å²) < 4.78 is 5.42. The standard InChI is InChI=1S/C12H19N3O/c13-8-12-10-16-7-6-15(12)5-3-11-2-1-4-14-9-11/h1-2,4,9,12H,3,5-8,10,13H2. The highest BCUT2D eigenvalue weighted by molar-refractivity contribution is 5.08. The molecule has 1 aromatic heterocycles. The van der Waals surface area contributed by atoms with Crippen LogP contribution >= 0.6 is 0 Å². The largest absolute Gasteiger partial charge is 0.378 e. The van der Waals surface area contributed by atoms with Crippen molar-refractivity contribution in [1.29, 1.82) is 0 Å². The molecule has 0 radical (unpaired) electrons. The number of nitrogens with zero attached hydrogens (tertiary/aromatic N) is 2. The van der Waals surface area contributed by atoms with E-state index >= 15 is 0 Å². The van der Waals surface area contributed by atoms with Gasteiger partial charge in [-0.25, -0.2) is 0 Å². The highest BCUT2D eigenvalue weighted by Gasteiger charge is 2.20. The first-order valence-corrected chi connectivity index (χ1v) is 5.81. The average Bonchev–Trinajstić information content (AvgIpc) is 2.38. The molecule has 0 saturated carbocycles. The minimum Gasteiger partial charge on any atom is -0.378 e. The Morgan fingerprint density at radius 3 is 3.25 bits per heavy atom. The van der Waals surface area contributed by atoms with Crippen LogP contribution in [0.2, 0.25) is 0 Å². The van der Waals surface area contributed by atoms with Gasteiger partial charge in [0.1, 0.15) is 0 Å². The van der Waals surface area contributed by atoms with Gasteiger partial charge in [0.05, 0.1) is 13.2 Å². The van der Waals surface area contributed by atoms with Crippen LogP contribution in [0.1, 0.15) is 5.56 Å². The van der Waals surface area contributed by atoms with Crippen LogP contribution in [0.5, 0.6) is 0 Å². The van der Waals surface area contributed by atoms with Crippen LogP contribution in [0, 0.1) is 0 Å². The molecule has 4 nitrogen and oxygen atoms in total. The van der Waals surface area contributed by atoms with Crippen LogP contribution in [-0.2, 0) is 11.2 Å². The predicted molar refractivity (Wildman–Crippen MR) is 63.2 cm³/mol. The Kier molecular flexibility index (Phi) is 4.27. The topological polar surface area (TPSA) is 51.4 Å². The average molecular weight is 221 g/mol. The minimum atomic E-state index is 0.380. The van der Waals surface area contributed by atoms with Crippen molar-refractivity contribution in [3.8, 4) is 0 Å². The maximum Gasteiger partial charge on any atom is 0.0634 e. The summed E-state index contributed by atoms with van der Waals surface area (Å²) in [4.78, 5) is 6.53. The molecule has 0 aromatic carbocycles. The Labute approximate surface area is 96.4 Å². The van der Waals surface area contributed by atoms with Gasteiger partial charge >= 0.3 is 0 Å². The van der Waals surface area contributed by atoms with Crippen molar-refractivity contribution in [2.75, 3.05) is 32.8 Å². The van der Waals surface area contributed by atoms with Gasteiger partial charge in [0.15, 0.2) is 0 Å². The SMILES string of the molecule is NCC1COCCN1CCc1cccnc1. The summed E-state index contributed by atoms with van der Waals surface area (Å²) in [5, 5.41) is 0. The normalized spacial score (nSPS) is 22.2. The van der Waals surface area contributed by atoms with E-state index in [9.17, 15) is 0 Å². The third-order valence-electron chi connectivity index (χ3n) is 3.03. The molecule has 0 bridgehead atoms. The molecule has 1 aliphatic rings. The fourth-order valence-electron chi connectivity index (χ4n) is 2.02. The maximum absolute atomic E-state index is 5.73. The second-order valence-electron chi connectivity index (χ2n) is 4.11. The quantitative estimate of drug-likeness (QED) is 0.793. The molecule has 1 saturated heterocycles. The van der Waals surface area contributed by atoms with E-state index in [4.69, 9.17) is 10.5 Å². The lowest BCUT2D eigenvalue weighted by Crippen LogP contribution is -2.49. The molecular formula is C12H19N3O. The first kappa shape index (κ1) is 11.5. The second kappa shape index (κ2) is 5.94. The molecule has 0 aliphatic carbocycles. The molecular weight excluding hydrogens is 202 g/mol. The van der Waals surface area contributed by atoms with E-state index in [1.807, 2.05) is 12.3 Å². The third-order valence-corrected chi connectivity index (χ3v) is 3.03. The predicted octanol–water partition coefficient (Wildman–Crippen LogP) is 0.284. The number of ether oxygens (including phenoxy) is 1. The highest BCUT2D eigenvalue weighted by Crippen LogP contribution is 2.07. The third kappa shape index (κ3) is 3.01. The zero-order valence-electron chi connectivity index (χ0n) is 9.51. The van der Waals surface area contributed by atoms with Crippen LogP contribution in [0.25, 0.3) is 0 Å². The molecule has 0 amide bonds. The number of aromatic nitrogens is 1. The summed E-state index contributed by atoms with van der Waals surface area (Å²) in [5.74, 6) is 0. The second-order valence-corrected chi connectivity index (χ2v) is 4.11. The first-order chi connectivity index (χ1) is 7.90. The summed E-state index contributed by atoms with van der Waals surface area (Å²) in [6, 6.07) is 4.48. The fraction of sp³-hybridized carbons (Fsp3) is 0.583. The molecule has 0 spiro atoms. The molecule has 2 N–H and O–H groups in total. The van der Waals surface area contributed by atoms with E-state index in [1.54, 1.807) is 6.20 Å². The van der Waals surface area contributed by atoms with E-state index < -0.39 is 0 Å². The number of morpholine rings is 1. The van der Waals surface area contributed by atoms with Gasteiger partial charge in [-0.2, -0.15) is 0 Å². The van der Waals surface area contributed by atoms with Crippen molar-refractivity contribution in [2.24, 2.45) is 5.73 Å². The van der Waals surface area contributed by atoms with Gasteiger partial charge in [-0.05, 0) is 18.1 Å². The van der Waals surface area contributed by atoms with Crippen molar-refractivity contribution in [1.82, 2.24) is 9.88 Å². The summed E-state index contributed by atoms with van der Waals surface area (Å²) >= 11 is 0. The van der Waals surface area contributed by atoms with E-state index in [0.717, 1.165) is 32.7 Å². The lowest BCUT2D eigenvalue weighted by atomic mass is 10.1.